The summed E-state index contributed by atoms with van der Waals surface area (Å²) in [4.78, 5) is 19.8. The van der Waals surface area contributed by atoms with Crippen LogP contribution in [0, 0.1) is 12.7 Å². The molecule has 7 heteroatoms. The van der Waals surface area contributed by atoms with E-state index in [1.54, 1.807) is 25.3 Å². The number of carbonyl (C=O) groups is 1. The number of rotatable bonds is 4. The average molecular weight is 459 g/mol. The number of carbonyl (C=O) groups excluding carboxylic acids is 1. The van der Waals surface area contributed by atoms with Gasteiger partial charge in [0.25, 0.3) is 0 Å². The Morgan fingerprint density at radius 2 is 1.82 bits per heavy atom. The number of anilines is 1. The highest BCUT2D eigenvalue weighted by Crippen LogP contribution is 2.36. The molecular weight excluding hydrogens is 431 g/mol. The third-order valence-electron chi connectivity index (χ3n) is 6.34. The highest BCUT2D eigenvalue weighted by Gasteiger charge is 2.23. The second-order valence-corrected chi connectivity index (χ2v) is 8.56. The molecule has 1 N–H and O–H groups in total. The van der Waals surface area contributed by atoms with Crippen LogP contribution >= 0.6 is 0 Å². The highest BCUT2D eigenvalue weighted by molar-refractivity contribution is 5.92. The number of nitrogens with one attached hydrogen (secondary N) is 1. The van der Waals surface area contributed by atoms with Gasteiger partial charge in [0.1, 0.15) is 11.6 Å². The Hall–Kier alpha value is -3.87. The van der Waals surface area contributed by atoms with Crippen molar-refractivity contribution in [1.82, 2.24) is 14.3 Å². The van der Waals surface area contributed by atoms with Crippen LogP contribution < -0.4 is 10.1 Å². The van der Waals surface area contributed by atoms with Gasteiger partial charge in [0, 0.05) is 24.2 Å². The highest BCUT2D eigenvalue weighted by atomic mass is 19.1. The zero-order chi connectivity index (χ0) is 23.7. The number of hydrogen-bond donors (Lipinski definition) is 1. The second-order valence-electron chi connectivity index (χ2n) is 8.56. The van der Waals surface area contributed by atoms with E-state index in [-0.39, 0.29) is 11.8 Å². The van der Waals surface area contributed by atoms with Crippen molar-refractivity contribution in [2.45, 2.75) is 26.2 Å². The van der Waals surface area contributed by atoms with E-state index in [0.717, 1.165) is 49.0 Å². The lowest BCUT2D eigenvalue weighted by molar-refractivity contribution is 0.200. The van der Waals surface area contributed by atoms with Crippen LogP contribution in [-0.4, -0.2) is 40.5 Å². The summed E-state index contributed by atoms with van der Waals surface area (Å²) in [6.45, 7) is 3.43. The first-order valence-electron chi connectivity index (χ1n) is 11.5. The number of piperidine rings is 1. The molecule has 1 fully saturated rings. The van der Waals surface area contributed by atoms with Crippen molar-refractivity contribution in [3.8, 4) is 28.3 Å². The number of benzene rings is 2. The number of aromatic nitrogens is 2. The molecule has 0 spiro atoms. The summed E-state index contributed by atoms with van der Waals surface area (Å²) in [5.41, 5.74) is 4.38. The zero-order valence-corrected chi connectivity index (χ0v) is 19.3. The van der Waals surface area contributed by atoms with Crippen molar-refractivity contribution in [2.24, 2.45) is 0 Å². The molecule has 0 atom stereocenters. The number of pyridine rings is 1. The van der Waals surface area contributed by atoms with E-state index < -0.39 is 0 Å². The zero-order valence-electron chi connectivity index (χ0n) is 19.3. The molecule has 34 heavy (non-hydrogen) atoms. The van der Waals surface area contributed by atoms with Crippen molar-refractivity contribution >= 4 is 17.5 Å². The SMILES string of the molecule is COc1cccc(-c2nc(NC(=O)N3CCCCC3)n3c(-c4ccccc4F)ccc(C)c23)c1. The Balaban J connectivity index is 1.72. The van der Waals surface area contributed by atoms with Crippen LogP contribution in [0.5, 0.6) is 5.75 Å². The topological polar surface area (TPSA) is 58.9 Å². The van der Waals surface area contributed by atoms with Gasteiger partial charge in [0.05, 0.1) is 24.0 Å². The summed E-state index contributed by atoms with van der Waals surface area (Å²) in [7, 11) is 1.62. The minimum absolute atomic E-state index is 0.190. The number of urea groups is 1. The fraction of sp³-hybridized carbons (Fsp3) is 0.259. The molecule has 0 bridgehead atoms. The van der Waals surface area contributed by atoms with E-state index in [2.05, 4.69) is 5.32 Å². The molecule has 0 unspecified atom stereocenters. The third-order valence-corrected chi connectivity index (χ3v) is 6.34. The average Bonchev–Trinajstić information content (AvgIpc) is 3.25. The summed E-state index contributed by atoms with van der Waals surface area (Å²) >= 11 is 0. The minimum Gasteiger partial charge on any atom is -0.497 e. The van der Waals surface area contributed by atoms with Crippen LogP contribution in [0.4, 0.5) is 15.1 Å². The van der Waals surface area contributed by atoms with E-state index in [4.69, 9.17) is 9.72 Å². The number of halogens is 1. The molecule has 4 aromatic rings. The molecule has 1 saturated heterocycles. The van der Waals surface area contributed by atoms with Gasteiger partial charge < -0.3 is 9.64 Å². The van der Waals surface area contributed by atoms with Gasteiger partial charge in [-0.3, -0.25) is 9.72 Å². The summed E-state index contributed by atoms with van der Waals surface area (Å²) < 4.78 is 22.1. The summed E-state index contributed by atoms with van der Waals surface area (Å²) in [5.74, 6) is 0.739. The molecule has 2 amide bonds. The summed E-state index contributed by atoms with van der Waals surface area (Å²) in [5, 5.41) is 3.02. The normalized spacial score (nSPS) is 13.8. The first-order chi connectivity index (χ1) is 16.6. The Bertz CT molecular complexity index is 1360. The molecule has 1 aliphatic rings. The predicted octanol–water partition coefficient (Wildman–Crippen LogP) is 6.14. The smallest absolute Gasteiger partial charge is 0.324 e. The molecule has 0 saturated carbocycles. The van der Waals surface area contributed by atoms with Gasteiger partial charge in [0.2, 0.25) is 5.95 Å². The van der Waals surface area contributed by atoms with Gasteiger partial charge in [-0.15, -0.1) is 0 Å². The van der Waals surface area contributed by atoms with E-state index >= 15 is 0 Å². The van der Waals surface area contributed by atoms with Gasteiger partial charge >= 0.3 is 6.03 Å². The van der Waals surface area contributed by atoms with Crippen LogP contribution in [-0.2, 0) is 0 Å². The largest absolute Gasteiger partial charge is 0.497 e. The molecule has 3 heterocycles. The first-order valence-corrected chi connectivity index (χ1v) is 11.5. The van der Waals surface area contributed by atoms with Crippen LogP contribution in [0.3, 0.4) is 0 Å². The quantitative estimate of drug-likeness (QED) is 0.399. The van der Waals surface area contributed by atoms with Crippen molar-refractivity contribution < 1.29 is 13.9 Å². The number of nitrogens with zero attached hydrogens (tertiary/aromatic N) is 3. The van der Waals surface area contributed by atoms with Gasteiger partial charge in [0.15, 0.2) is 0 Å². The summed E-state index contributed by atoms with van der Waals surface area (Å²) in [6.07, 6.45) is 3.11. The van der Waals surface area contributed by atoms with Crippen molar-refractivity contribution in [3.63, 3.8) is 0 Å². The fourth-order valence-electron chi connectivity index (χ4n) is 4.58. The second kappa shape index (κ2) is 9.17. The molecule has 2 aromatic carbocycles. The lowest BCUT2D eigenvalue weighted by Crippen LogP contribution is -2.39. The standard InChI is InChI=1S/C27H27FN4O2/c1-18-13-14-23(21-11-4-5-12-22(21)28)32-25(18)24(19-9-8-10-20(17-19)34-2)29-26(32)30-27(33)31-15-6-3-7-16-31/h4-5,8-14,17H,3,6-7,15-16H2,1-2H3,(H,29,30,33). The lowest BCUT2D eigenvalue weighted by atomic mass is 10.1. The Morgan fingerprint density at radius 1 is 1.03 bits per heavy atom. The molecule has 0 radical (unpaired) electrons. The van der Waals surface area contributed by atoms with Gasteiger partial charge in [-0.05, 0) is 62.1 Å². The van der Waals surface area contributed by atoms with Crippen molar-refractivity contribution in [1.29, 1.82) is 0 Å². The maximum Gasteiger partial charge on any atom is 0.324 e. The minimum atomic E-state index is -0.336. The van der Waals surface area contributed by atoms with Crippen LogP contribution in [0.15, 0.2) is 60.7 Å². The molecule has 0 aliphatic carbocycles. The predicted molar refractivity (Wildman–Crippen MR) is 132 cm³/mol. The summed E-state index contributed by atoms with van der Waals surface area (Å²) in [6, 6.07) is 17.9. The number of likely N-dealkylation sites (tertiary alicyclic amines) is 1. The molecule has 5 rings (SSSR count). The Kier molecular flexibility index (Phi) is 5.92. The van der Waals surface area contributed by atoms with Gasteiger partial charge in [-0.1, -0.05) is 30.3 Å². The van der Waals surface area contributed by atoms with Gasteiger partial charge in [-0.25, -0.2) is 14.2 Å². The Morgan fingerprint density at radius 3 is 2.59 bits per heavy atom. The third kappa shape index (κ3) is 3.98. The maximum absolute atomic E-state index is 14.9. The lowest BCUT2D eigenvalue weighted by Gasteiger charge is -2.26. The van der Waals surface area contributed by atoms with E-state index in [1.807, 2.05) is 52.6 Å². The number of imidazole rings is 1. The molecule has 6 nitrogen and oxygen atoms in total. The van der Waals surface area contributed by atoms with E-state index in [9.17, 15) is 9.18 Å². The number of aryl methyl sites for hydroxylation is 1. The number of amides is 2. The van der Waals surface area contributed by atoms with Crippen molar-refractivity contribution in [3.05, 3.63) is 72.0 Å². The van der Waals surface area contributed by atoms with E-state index in [0.29, 0.717) is 28.6 Å². The van der Waals surface area contributed by atoms with Crippen molar-refractivity contribution in [2.75, 3.05) is 25.5 Å². The van der Waals surface area contributed by atoms with Crippen LogP contribution in [0.1, 0.15) is 24.8 Å². The molecule has 2 aromatic heterocycles. The fourth-order valence-corrected chi connectivity index (χ4v) is 4.58. The van der Waals surface area contributed by atoms with Crippen LogP contribution in [0.2, 0.25) is 0 Å². The first kappa shape index (κ1) is 21.9. The monoisotopic (exact) mass is 458 g/mol. The molecule has 1 aliphatic heterocycles. The molecule has 174 valence electrons. The van der Waals surface area contributed by atoms with Crippen LogP contribution in [0.25, 0.3) is 28.0 Å². The number of methoxy groups -OCH3 is 1. The number of ether oxygens (including phenoxy) is 1. The molecular formula is C27H27FN4O2. The number of hydrogen-bond acceptors (Lipinski definition) is 3. The maximum atomic E-state index is 14.9. The number of fused-ring (bicyclic) bond motifs is 1. The van der Waals surface area contributed by atoms with E-state index in [1.165, 1.54) is 6.07 Å². The van der Waals surface area contributed by atoms with Gasteiger partial charge in [-0.2, -0.15) is 0 Å². The Labute approximate surface area is 198 Å².